The van der Waals surface area contributed by atoms with Gasteiger partial charge in [-0.25, -0.2) is 14.4 Å². The molecule has 0 atom stereocenters. The van der Waals surface area contributed by atoms with Gasteiger partial charge < -0.3 is 25.0 Å². The predicted molar refractivity (Wildman–Crippen MR) is 131 cm³/mol. The Balaban J connectivity index is 1.54. The molecule has 37 heavy (non-hydrogen) atoms. The van der Waals surface area contributed by atoms with Gasteiger partial charge in [0.1, 0.15) is 17.2 Å². The fraction of sp³-hybridized carbons (Fsp3) is 0.500. The van der Waals surface area contributed by atoms with Gasteiger partial charge in [0.25, 0.3) is 5.91 Å². The van der Waals surface area contributed by atoms with E-state index >= 15 is 4.39 Å². The number of rotatable bonds is 5. The number of fused-ring (bicyclic) bond motifs is 1. The van der Waals surface area contributed by atoms with Gasteiger partial charge in [0.15, 0.2) is 5.82 Å². The van der Waals surface area contributed by atoms with Crippen LogP contribution >= 0.6 is 0 Å². The molecule has 13 heteroatoms. The molecule has 2 N–H and O–H groups in total. The second kappa shape index (κ2) is 9.77. The number of alkyl halides is 3. The third-order valence-corrected chi connectivity index (χ3v) is 6.87. The van der Waals surface area contributed by atoms with E-state index in [0.29, 0.717) is 26.2 Å². The van der Waals surface area contributed by atoms with E-state index in [1.165, 1.54) is 17.3 Å². The average molecular weight is 521 g/mol. The Morgan fingerprint density at radius 2 is 1.84 bits per heavy atom. The lowest BCUT2D eigenvalue weighted by Gasteiger charge is -2.31. The summed E-state index contributed by atoms with van der Waals surface area (Å²) in [4.78, 5) is 28.5. The highest BCUT2D eigenvalue weighted by Crippen LogP contribution is 2.39. The van der Waals surface area contributed by atoms with E-state index in [-0.39, 0.29) is 40.2 Å². The van der Waals surface area contributed by atoms with E-state index in [4.69, 9.17) is 0 Å². The first-order chi connectivity index (χ1) is 17.6. The summed E-state index contributed by atoms with van der Waals surface area (Å²) in [6.45, 7) is 2.05. The van der Waals surface area contributed by atoms with Gasteiger partial charge in [-0.15, -0.1) is 0 Å². The molecule has 2 aliphatic rings. The number of halogens is 4. The van der Waals surface area contributed by atoms with Gasteiger partial charge in [0.05, 0.1) is 22.8 Å². The first-order valence-corrected chi connectivity index (χ1v) is 12.2. The molecule has 9 nitrogen and oxygen atoms in total. The molecule has 0 radical (unpaired) electrons. The van der Waals surface area contributed by atoms with Crippen molar-refractivity contribution in [2.75, 3.05) is 50.5 Å². The summed E-state index contributed by atoms with van der Waals surface area (Å²) < 4.78 is 58.8. The molecule has 0 spiro atoms. The van der Waals surface area contributed by atoms with Crippen molar-refractivity contribution >= 4 is 34.4 Å². The summed E-state index contributed by atoms with van der Waals surface area (Å²) in [7, 11) is 3.09. The molecular formula is C24H28F4N8O. The van der Waals surface area contributed by atoms with Crippen molar-refractivity contribution in [1.29, 1.82) is 0 Å². The number of nitrogens with one attached hydrogen (secondary N) is 2. The minimum atomic E-state index is -4.59. The van der Waals surface area contributed by atoms with Crippen LogP contribution in [-0.2, 0) is 6.18 Å². The molecule has 2 fully saturated rings. The second-order valence-electron chi connectivity index (χ2n) is 9.55. The smallest absolute Gasteiger partial charge is 0.367 e. The average Bonchev–Trinajstić information content (AvgIpc) is 3.49. The molecule has 1 aliphatic heterocycles. The van der Waals surface area contributed by atoms with E-state index in [2.05, 4.69) is 25.6 Å². The fourth-order valence-electron chi connectivity index (χ4n) is 5.05. The van der Waals surface area contributed by atoms with Crippen molar-refractivity contribution in [2.24, 2.45) is 0 Å². The van der Waals surface area contributed by atoms with E-state index in [9.17, 15) is 18.0 Å². The number of aromatic nitrogens is 4. The molecule has 0 bridgehead atoms. The Morgan fingerprint density at radius 1 is 1.14 bits per heavy atom. The number of carbonyl (C=O) groups excluding carboxylic acids is 1. The zero-order chi connectivity index (χ0) is 26.3. The van der Waals surface area contributed by atoms with E-state index in [1.807, 2.05) is 0 Å². The van der Waals surface area contributed by atoms with Crippen LogP contribution in [0.3, 0.4) is 0 Å². The Bertz CT molecular complexity index is 1310. The Hall–Kier alpha value is -3.48. The minimum Gasteiger partial charge on any atom is -0.367 e. The third-order valence-electron chi connectivity index (χ3n) is 6.87. The van der Waals surface area contributed by atoms with Gasteiger partial charge in [-0.2, -0.15) is 18.2 Å². The molecule has 5 rings (SSSR count). The lowest BCUT2D eigenvalue weighted by Crippen LogP contribution is -2.44. The van der Waals surface area contributed by atoms with E-state index in [0.717, 1.165) is 31.7 Å². The maximum absolute atomic E-state index is 15.4. The van der Waals surface area contributed by atoms with Crippen LogP contribution in [0.4, 0.5) is 35.0 Å². The van der Waals surface area contributed by atoms with Crippen molar-refractivity contribution in [2.45, 2.75) is 37.9 Å². The molecule has 198 valence electrons. The summed E-state index contributed by atoms with van der Waals surface area (Å²) in [5, 5.41) is 5.95. The van der Waals surface area contributed by atoms with Crippen LogP contribution in [-0.4, -0.2) is 70.6 Å². The van der Waals surface area contributed by atoms with Crippen molar-refractivity contribution in [3.05, 3.63) is 35.5 Å². The van der Waals surface area contributed by atoms with Crippen molar-refractivity contribution in [1.82, 2.24) is 29.7 Å². The lowest BCUT2D eigenvalue weighted by molar-refractivity contribution is -0.137. The molecule has 0 unspecified atom stereocenters. The maximum Gasteiger partial charge on any atom is 0.418 e. The van der Waals surface area contributed by atoms with Crippen LogP contribution in [0, 0.1) is 5.82 Å². The van der Waals surface area contributed by atoms with Crippen LogP contribution in [0.5, 0.6) is 0 Å². The molecule has 4 heterocycles. The van der Waals surface area contributed by atoms with Gasteiger partial charge >= 0.3 is 6.18 Å². The Labute approximate surface area is 210 Å². The predicted octanol–water partition coefficient (Wildman–Crippen LogP) is 3.95. The normalized spacial score (nSPS) is 17.0. The number of anilines is 3. The molecule has 1 amide bonds. The molecule has 3 aromatic rings. The summed E-state index contributed by atoms with van der Waals surface area (Å²) in [5.41, 5.74) is -0.663. The quantitative estimate of drug-likeness (QED) is 0.493. The van der Waals surface area contributed by atoms with Crippen LogP contribution in [0.15, 0.2) is 18.5 Å². The van der Waals surface area contributed by atoms with E-state index in [1.54, 1.807) is 23.6 Å². The van der Waals surface area contributed by atoms with Crippen LogP contribution < -0.4 is 15.5 Å². The van der Waals surface area contributed by atoms with Gasteiger partial charge in [-0.3, -0.25) is 4.79 Å². The number of amides is 1. The number of nitrogens with zero attached hydrogens (tertiary/aromatic N) is 6. The van der Waals surface area contributed by atoms with Crippen LogP contribution in [0.2, 0.25) is 0 Å². The molecule has 1 saturated heterocycles. The highest BCUT2D eigenvalue weighted by Gasteiger charge is 2.36. The molecular weight excluding hydrogens is 492 g/mol. The summed E-state index contributed by atoms with van der Waals surface area (Å²) in [6, 6.07) is 0.824. The van der Waals surface area contributed by atoms with Crippen molar-refractivity contribution in [3.8, 4) is 0 Å². The second-order valence-corrected chi connectivity index (χ2v) is 9.55. The number of hydrogen-bond acceptors (Lipinski definition) is 7. The number of piperazine rings is 1. The zero-order valence-corrected chi connectivity index (χ0v) is 20.6. The minimum absolute atomic E-state index is 0.0138. The Morgan fingerprint density at radius 3 is 2.49 bits per heavy atom. The summed E-state index contributed by atoms with van der Waals surface area (Å²) >= 11 is 0. The zero-order valence-electron chi connectivity index (χ0n) is 20.6. The summed E-state index contributed by atoms with van der Waals surface area (Å²) in [5.74, 6) is -1.32. The Kier molecular flexibility index (Phi) is 6.65. The van der Waals surface area contributed by atoms with Crippen LogP contribution in [0.1, 0.15) is 47.8 Å². The number of carbonyl (C=O) groups is 1. The largest absolute Gasteiger partial charge is 0.418 e. The first kappa shape index (κ1) is 25.2. The van der Waals surface area contributed by atoms with Gasteiger partial charge in [-0.1, -0.05) is 12.8 Å². The summed E-state index contributed by atoms with van der Waals surface area (Å²) in [6.07, 6.45) is 1.29. The molecule has 1 saturated carbocycles. The van der Waals surface area contributed by atoms with Crippen LogP contribution in [0.25, 0.3) is 11.0 Å². The lowest BCUT2D eigenvalue weighted by atomic mass is 10.1. The monoisotopic (exact) mass is 520 g/mol. The van der Waals surface area contributed by atoms with Gasteiger partial charge in [0.2, 0.25) is 5.95 Å². The number of hydrogen-bond donors (Lipinski definition) is 2. The van der Waals surface area contributed by atoms with E-state index < -0.39 is 23.5 Å². The standard InChI is InChI=1S/C24H28F4N8O/c1-34(2)22(37)20-19(25)15-12-31-23(33-21(15)36(20)14-5-3-4-6-14)32-18-11-16(24(26,27)28)17(13-30-18)35-9-7-29-8-10-35/h11-14,29H,3-10H2,1-2H3,(H,30,31,32,33). The molecule has 1 aliphatic carbocycles. The van der Waals surface area contributed by atoms with Crippen molar-refractivity contribution < 1.29 is 22.4 Å². The number of pyridine rings is 1. The fourth-order valence-corrected chi connectivity index (χ4v) is 5.05. The SMILES string of the molecule is CN(C)C(=O)c1c(F)c2cnc(Nc3cc(C(F)(F)F)c(N4CCNCC4)cn3)nc2n1C1CCCC1. The highest BCUT2D eigenvalue weighted by molar-refractivity contribution is 5.98. The van der Waals surface area contributed by atoms with Gasteiger partial charge in [-0.05, 0) is 18.9 Å². The maximum atomic E-state index is 15.4. The third kappa shape index (κ3) is 4.79. The first-order valence-electron chi connectivity index (χ1n) is 12.2. The van der Waals surface area contributed by atoms with Gasteiger partial charge in [0, 0.05) is 52.5 Å². The molecule has 0 aromatic carbocycles. The topological polar surface area (TPSA) is 91.2 Å². The van der Waals surface area contributed by atoms with Crippen molar-refractivity contribution in [3.63, 3.8) is 0 Å². The molecule has 3 aromatic heterocycles. The highest BCUT2D eigenvalue weighted by atomic mass is 19.4.